The molecule has 2 aromatic rings. The molecule has 0 aliphatic rings. The van der Waals surface area contributed by atoms with E-state index in [0.29, 0.717) is 18.5 Å². The molecule has 0 fully saturated rings. The molecule has 0 saturated carbocycles. The molecule has 130 valence electrons. The van der Waals surface area contributed by atoms with Crippen molar-refractivity contribution < 1.29 is 0 Å². The quantitative estimate of drug-likeness (QED) is 0.391. The number of nitrogens with two attached hydrogens (primary N) is 1. The Balaban J connectivity index is 0.00000288. The van der Waals surface area contributed by atoms with Crippen molar-refractivity contribution in [3.05, 3.63) is 66.2 Å². The average molecular weight is 438 g/mol. The number of rotatable bonds is 7. The van der Waals surface area contributed by atoms with Crippen LogP contribution in [0.2, 0.25) is 0 Å². The first kappa shape index (κ1) is 20.4. The van der Waals surface area contributed by atoms with E-state index < -0.39 is 0 Å². The molecule has 2 aromatic carbocycles. The van der Waals surface area contributed by atoms with Crippen LogP contribution in [-0.4, -0.2) is 30.5 Å². The van der Waals surface area contributed by atoms with Gasteiger partial charge in [-0.3, -0.25) is 9.89 Å². The van der Waals surface area contributed by atoms with Gasteiger partial charge in [0.05, 0.1) is 0 Å². The van der Waals surface area contributed by atoms with Gasteiger partial charge in [-0.1, -0.05) is 48.5 Å². The molecular weight excluding hydrogens is 411 g/mol. The Morgan fingerprint density at radius 2 is 1.67 bits per heavy atom. The standard InChI is InChI=1S/C19H26N4.HI/c1-16(23(2)15-17-9-5-3-6-10-17)13-14-21-19(20)22-18-11-7-4-8-12-18;/h3-12,16H,13-15H2,1-2H3,(H3,20,21,22);1H. The minimum Gasteiger partial charge on any atom is -0.370 e. The fraction of sp³-hybridized carbons (Fsp3) is 0.316. The number of halogens is 1. The zero-order chi connectivity index (χ0) is 16.5. The number of aliphatic imine (C=N–C) groups is 1. The zero-order valence-electron chi connectivity index (χ0n) is 14.4. The molecule has 0 amide bonds. The second-order valence-electron chi connectivity index (χ2n) is 5.80. The molecule has 2 rings (SSSR count). The number of para-hydroxylation sites is 1. The van der Waals surface area contributed by atoms with Crippen molar-refractivity contribution in [1.82, 2.24) is 4.90 Å². The summed E-state index contributed by atoms with van der Waals surface area (Å²) in [5.41, 5.74) is 8.21. The van der Waals surface area contributed by atoms with E-state index >= 15 is 0 Å². The number of nitrogens with one attached hydrogen (secondary N) is 1. The van der Waals surface area contributed by atoms with Crippen molar-refractivity contribution in [3.8, 4) is 0 Å². The Morgan fingerprint density at radius 1 is 1.08 bits per heavy atom. The number of benzene rings is 2. The topological polar surface area (TPSA) is 53.6 Å². The molecule has 3 N–H and O–H groups in total. The van der Waals surface area contributed by atoms with Crippen molar-refractivity contribution in [2.75, 3.05) is 18.9 Å². The van der Waals surface area contributed by atoms with Crippen molar-refractivity contribution in [3.63, 3.8) is 0 Å². The van der Waals surface area contributed by atoms with Gasteiger partial charge in [0.2, 0.25) is 0 Å². The summed E-state index contributed by atoms with van der Waals surface area (Å²) in [5.74, 6) is 0.467. The first-order valence-electron chi connectivity index (χ1n) is 8.01. The van der Waals surface area contributed by atoms with Crippen LogP contribution in [-0.2, 0) is 6.54 Å². The number of guanidine groups is 1. The smallest absolute Gasteiger partial charge is 0.193 e. The Morgan fingerprint density at radius 3 is 2.29 bits per heavy atom. The lowest BCUT2D eigenvalue weighted by atomic mass is 10.1. The van der Waals surface area contributed by atoms with Crippen LogP contribution < -0.4 is 11.1 Å². The first-order chi connectivity index (χ1) is 11.1. The maximum atomic E-state index is 5.92. The number of anilines is 1. The van der Waals surface area contributed by atoms with Crippen LogP contribution in [0.5, 0.6) is 0 Å². The molecule has 24 heavy (non-hydrogen) atoms. The first-order valence-corrected chi connectivity index (χ1v) is 8.01. The summed E-state index contributed by atoms with van der Waals surface area (Å²) in [6.45, 7) is 3.88. The summed E-state index contributed by atoms with van der Waals surface area (Å²) in [7, 11) is 2.15. The predicted octanol–water partition coefficient (Wildman–Crippen LogP) is 3.94. The molecule has 1 unspecified atom stereocenters. The molecule has 5 heteroatoms. The van der Waals surface area contributed by atoms with E-state index in [0.717, 1.165) is 18.7 Å². The van der Waals surface area contributed by atoms with Crippen LogP contribution in [0.25, 0.3) is 0 Å². The molecule has 4 nitrogen and oxygen atoms in total. The van der Waals surface area contributed by atoms with E-state index in [1.807, 2.05) is 36.4 Å². The van der Waals surface area contributed by atoms with E-state index in [4.69, 9.17) is 5.73 Å². The van der Waals surface area contributed by atoms with Crippen molar-refractivity contribution in [2.24, 2.45) is 10.7 Å². The summed E-state index contributed by atoms with van der Waals surface area (Å²) >= 11 is 0. The Hall–Kier alpha value is -1.60. The molecule has 1 atom stereocenters. The molecule has 0 aromatic heterocycles. The van der Waals surface area contributed by atoms with Gasteiger partial charge >= 0.3 is 0 Å². The van der Waals surface area contributed by atoms with Crippen LogP contribution in [0.3, 0.4) is 0 Å². The second kappa shape index (κ2) is 11.0. The maximum Gasteiger partial charge on any atom is 0.193 e. The van der Waals surface area contributed by atoms with Crippen LogP contribution in [0, 0.1) is 0 Å². The van der Waals surface area contributed by atoms with Gasteiger partial charge in [-0.15, -0.1) is 24.0 Å². The van der Waals surface area contributed by atoms with Crippen LogP contribution in [0.1, 0.15) is 18.9 Å². The predicted molar refractivity (Wildman–Crippen MR) is 114 cm³/mol. The summed E-state index contributed by atoms with van der Waals surface area (Å²) in [5, 5.41) is 3.10. The van der Waals surface area contributed by atoms with Gasteiger partial charge in [0.15, 0.2) is 5.96 Å². The Bertz CT molecular complexity index is 601. The SMILES string of the molecule is CC(CCN=C(N)Nc1ccccc1)N(C)Cc1ccccc1.I. The molecule has 0 saturated heterocycles. The molecule has 0 bridgehead atoms. The number of nitrogens with zero attached hydrogens (tertiary/aromatic N) is 2. The van der Waals surface area contributed by atoms with E-state index in [-0.39, 0.29) is 24.0 Å². The second-order valence-corrected chi connectivity index (χ2v) is 5.80. The summed E-state index contributed by atoms with van der Waals surface area (Å²) < 4.78 is 0. The molecule has 0 heterocycles. The number of hydrogen-bond donors (Lipinski definition) is 2. The lowest BCUT2D eigenvalue weighted by molar-refractivity contribution is 0.240. The average Bonchev–Trinajstić information content (AvgIpc) is 2.56. The lowest BCUT2D eigenvalue weighted by Crippen LogP contribution is -2.30. The van der Waals surface area contributed by atoms with Gasteiger partial charge in [0.25, 0.3) is 0 Å². The van der Waals surface area contributed by atoms with Gasteiger partial charge in [-0.25, -0.2) is 0 Å². The highest BCUT2D eigenvalue weighted by atomic mass is 127. The summed E-state index contributed by atoms with van der Waals surface area (Å²) in [6.07, 6.45) is 0.973. The normalized spacial score (nSPS) is 12.5. The molecule has 0 spiro atoms. The fourth-order valence-corrected chi connectivity index (χ4v) is 2.33. The lowest BCUT2D eigenvalue weighted by Gasteiger charge is -2.24. The molecular formula is C19H27IN4. The minimum atomic E-state index is 0. The Labute approximate surface area is 162 Å². The van der Waals surface area contributed by atoms with E-state index in [1.165, 1.54) is 5.56 Å². The van der Waals surface area contributed by atoms with Gasteiger partial charge in [0, 0.05) is 24.8 Å². The van der Waals surface area contributed by atoms with E-state index in [2.05, 4.69) is 53.4 Å². The molecule has 0 aliphatic carbocycles. The van der Waals surface area contributed by atoms with Crippen molar-refractivity contribution >= 4 is 35.6 Å². The van der Waals surface area contributed by atoms with Gasteiger partial charge in [-0.05, 0) is 38.1 Å². The van der Waals surface area contributed by atoms with Gasteiger partial charge < -0.3 is 11.1 Å². The van der Waals surface area contributed by atoms with Gasteiger partial charge in [0.1, 0.15) is 0 Å². The third kappa shape index (κ3) is 7.31. The van der Waals surface area contributed by atoms with Crippen LogP contribution >= 0.6 is 24.0 Å². The third-order valence-corrected chi connectivity index (χ3v) is 3.90. The van der Waals surface area contributed by atoms with E-state index in [1.54, 1.807) is 0 Å². The maximum absolute atomic E-state index is 5.92. The third-order valence-electron chi connectivity index (χ3n) is 3.90. The monoisotopic (exact) mass is 438 g/mol. The Kier molecular flexibility index (Phi) is 9.41. The van der Waals surface area contributed by atoms with Crippen LogP contribution in [0.15, 0.2) is 65.7 Å². The summed E-state index contributed by atoms with van der Waals surface area (Å²) in [6, 6.07) is 20.8. The van der Waals surface area contributed by atoms with Crippen molar-refractivity contribution in [1.29, 1.82) is 0 Å². The summed E-state index contributed by atoms with van der Waals surface area (Å²) in [4.78, 5) is 6.74. The van der Waals surface area contributed by atoms with Crippen LogP contribution in [0.4, 0.5) is 5.69 Å². The fourth-order valence-electron chi connectivity index (χ4n) is 2.33. The highest BCUT2D eigenvalue weighted by Crippen LogP contribution is 2.08. The molecule has 0 aliphatic heterocycles. The molecule has 0 radical (unpaired) electrons. The van der Waals surface area contributed by atoms with E-state index in [9.17, 15) is 0 Å². The van der Waals surface area contributed by atoms with Crippen molar-refractivity contribution in [2.45, 2.75) is 25.9 Å². The largest absolute Gasteiger partial charge is 0.370 e. The highest BCUT2D eigenvalue weighted by Gasteiger charge is 2.09. The number of hydrogen-bond acceptors (Lipinski definition) is 2. The van der Waals surface area contributed by atoms with Gasteiger partial charge in [-0.2, -0.15) is 0 Å². The highest BCUT2D eigenvalue weighted by molar-refractivity contribution is 14.0. The minimum absolute atomic E-state index is 0. The zero-order valence-corrected chi connectivity index (χ0v) is 16.7.